The first kappa shape index (κ1) is 5.56. The zero-order valence-electron chi connectivity index (χ0n) is 5.00. The van der Waals surface area contributed by atoms with Gasteiger partial charge in [-0.3, -0.25) is 0 Å². The van der Waals surface area contributed by atoms with Gasteiger partial charge in [-0.05, 0) is 0 Å². The molecule has 0 saturated carbocycles. The molecule has 2 rings (SSSR count). The molecule has 10 heavy (non-hydrogen) atoms. The average molecular weight is 154 g/mol. The maximum absolute atomic E-state index is 5.49. The number of nitrogens with zero attached hydrogens (tertiary/aromatic N) is 3. The molecule has 6 heteroatoms. The van der Waals surface area contributed by atoms with Crippen LogP contribution in [0.4, 0.5) is 5.82 Å². The monoisotopic (exact) mass is 154 g/mol. The van der Waals surface area contributed by atoms with E-state index in [9.17, 15) is 0 Å². The van der Waals surface area contributed by atoms with Crippen LogP contribution in [0.5, 0.6) is 0 Å². The van der Waals surface area contributed by atoms with Gasteiger partial charge in [0.2, 0.25) is 17.7 Å². The second-order valence-corrected chi connectivity index (χ2v) is 2.46. The minimum Gasteiger partial charge on any atom is -0.368 e. The van der Waals surface area contributed by atoms with Crippen molar-refractivity contribution in [1.29, 1.82) is 0 Å². The van der Waals surface area contributed by atoms with Crippen LogP contribution in [0, 0.1) is 0 Å². The molecule has 0 bridgehead atoms. The number of H-pyrrole nitrogens is 1. The van der Waals surface area contributed by atoms with E-state index in [1.807, 2.05) is 0 Å². The van der Waals surface area contributed by atoms with Crippen molar-refractivity contribution in [3.8, 4) is 0 Å². The molecule has 0 fully saturated rings. The Balaban J connectivity index is 2.95. The van der Waals surface area contributed by atoms with Gasteiger partial charge in [0.05, 0.1) is 0 Å². The molecular formula is C4H5N5P+. The van der Waals surface area contributed by atoms with Crippen LogP contribution in [-0.2, 0) is 0 Å². The maximum Gasteiger partial charge on any atom is 0.296 e. The third kappa shape index (κ3) is 0.642. The van der Waals surface area contributed by atoms with Gasteiger partial charge in [-0.1, -0.05) is 9.73 Å². The lowest BCUT2D eigenvalue weighted by molar-refractivity contribution is -0.351. The van der Waals surface area contributed by atoms with Crippen LogP contribution in [0.1, 0.15) is 0 Å². The van der Waals surface area contributed by atoms with Crippen LogP contribution >= 0.6 is 8.51 Å². The van der Waals surface area contributed by atoms with Crippen molar-refractivity contribution in [2.75, 3.05) is 5.73 Å². The third-order valence-corrected chi connectivity index (χ3v) is 1.84. The van der Waals surface area contributed by atoms with Crippen molar-refractivity contribution in [2.45, 2.75) is 0 Å². The number of aromatic nitrogens is 4. The predicted molar refractivity (Wildman–Crippen MR) is 37.8 cm³/mol. The van der Waals surface area contributed by atoms with Crippen LogP contribution < -0.4 is 10.7 Å². The number of aromatic amines is 1. The van der Waals surface area contributed by atoms with Crippen LogP contribution in [-0.4, -0.2) is 14.5 Å². The van der Waals surface area contributed by atoms with E-state index in [-0.39, 0.29) is 8.51 Å². The summed E-state index contributed by atoms with van der Waals surface area (Å²) in [6, 6.07) is 0. The number of nitrogens with two attached hydrogens (primary N) is 1. The SMILES string of the molecule is Nc1nc[nH+]c2n[pH]nc12. The summed E-state index contributed by atoms with van der Waals surface area (Å²) in [4.78, 5) is 6.67. The zero-order chi connectivity index (χ0) is 6.97. The van der Waals surface area contributed by atoms with E-state index in [4.69, 9.17) is 5.73 Å². The van der Waals surface area contributed by atoms with Crippen LogP contribution in [0.2, 0.25) is 0 Å². The van der Waals surface area contributed by atoms with E-state index in [0.717, 1.165) is 5.65 Å². The molecular weight excluding hydrogens is 149 g/mol. The largest absolute Gasteiger partial charge is 0.368 e. The van der Waals surface area contributed by atoms with Crippen molar-refractivity contribution in [2.24, 2.45) is 0 Å². The number of anilines is 1. The molecule has 0 amide bonds. The van der Waals surface area contributed by atoms with E-state index < -0.39 is 0 Å². The first-order chi connectivity index (χ1) is 4.88. The molecule has 5 nitrogen and oxygen atoms in total. The smallest absolute Gasteiger partial charge is 0.296 e. The number of nitrogens with one attached hydrogen (secondary N) is 1. The van der Waals surface area contributed by atoms with Crippen LogP contribution in [0.15, 0.2) is 6.33 Å². The number of nitrogen functional groups attached to an aromatic ring is 1. The number of hydrogen-bond acceptors (Lipinski definition) is 4. The molecule has 0 radical (unpaired) electrons. The molecule has 2 heterocycles. The highest BCUT2D eigenvalue weighted by Crippen LogP contribution is 2.11. The summed E-state index contributed by atoms with van der Waals surface area (Å²) in [5.74, 6) is 0.447. The van der Waals surface area contributed by atoms with Gasteiger partial charge in [-0.15, -0.1) is 0 Å². The second kappa shape index (κ2) is 1.88. The minimum absolute atomic E-state index is 0.241. The lowest BCUT2D eigenvalue weighted by Crippen LogP contribution is -2.06. The molecule has 0 aliphatic carbocycles. The predicted octanol–water partition coefficient (Wildman–Crippen LogP) is -0.548. The molecule has 1 unspecified atom stereocenters. The molecule has 0 aromatic carbocycles. The molecule has 1 atom stereocenters. The number of hydrogen-bond donors (Lipinski definition) is 1. The molecule has 3 N–H and O–H groups in total. The summed E-state index contributed by atoms with van der Waals surface area (Å²) >= 11 is 0. The van der Waals surface area contributed by atoms with Crippen molar-refractivity contribution >= 4 is 25.5 Å². The Labute approximate surface area is 57.9 Å². The van der Waals surface area contributed by atoms with Gasteiger partial charge in [0.1, 0.15) is 8.51 Å². The molecule has 0 aliphatic rings. The van der Waals surface area contributed by atoms with Crippen LogP contribution in [0.3, 0.4) is 0 Å². The molecule has 0 aliphatic heterocycles. The van der Waals surface area contributed by atoms with Gasteiger partial charge < -0.3 is 5.73 Å². The second-order valence-electron chi connectivity index (χ2n) is 1.81. The quantitative estimate of drug-likeness (QED) is 0.552. The lowest BCUT2D eigenvalue weighted by Gasteiger charge is -1.81. The Morgan fingerprint density at radius 3 is 3.20 bits per heavy atom. The Morgan fingerprint density at radius 2 is 2.40 bits per heavy atom. The molecule has 2 aromatic rings. The van der Waals surface area contributed by atoms with E-state index >= 15 is 0 Å². The lowest BCUT2D eigenvalue weighted by atomic mass is 10.5. The molecule has 0 saturated heterocycles. The van der Waals surface area contributed by atoms with Crippen LogP contribution in [0.25, 0.3) is 11.2 Å². The van der Waals surface area contributed by atoms with E-state index in [2.05, 4.69) is 19.5 Å². The summed E-state index contributed by atoms with van der Waals surface area (Å²) in [5, 5.41) is 0. The summed E-state index contributed by atoms with van der Waals surface area (Å²) in [5.41, 5.74) is 6.93. The van der Waals surface area contributed by atoms with E-state index in [1.165, 1.54) is 6.33 Å². The Kier molecular flexibility index (Phi) is 1.05. The summed E-state index contributed by atoms with van der Waals surface area (Å²) < 4.78 is 8.09. The third-order valence-electron chi connectivity index (χ3n) is 1.20. The van der Waals surface area contributed by atoms with Crippen molar-refractivity contribution in [1.82, 2.24) is 14.5 Å². The average Bonchev–Trinajstić information content (AvgIpc) is 2.36. The Bertz CT molecular complexity index is 355. The summed E-state index contributed by atoms with van der Waals surface area (Å²) in [6.45, 7) is 0. The van der Waals surface area contributed by atoms with Gasteiger partial charge in [0.15, 0.2) is 0 Å². The highest BCUT2D eigenvalue weighted by Gasteiger charge is 2.07. The highest BCUT2D eigenvalue weighted by molar-refractivity contribution is 7.21. The fourth-order valence-electron chi connectivity index (χ4n) is 0.734. The number of rotatable bonds is 0. The first-order valence-electron chi connectivity index (χ1n) is 2.70. The summed E-state index contributed by atoms with van der Waals surface area (Å²) in [6.07, 6.45) is 1.52. The normalized spacial score (nSPS) is 11.2. The topological polar surface area (TPSA) is 78.8 Å². The maximum atomic E-state index is 5.49. The van der Waals surface area contributed by atoms with Crippen molar-refractivity contribution in [3.63, 3.8) is 0 Å². The van der Waals surface area contributed by atoms with Crippen molar-refractivity contribution < 1.29 is 4.98 Å². The molecule has 2 aromatic heterocycles. The Morgan fingerprint density at radius 1 is 1.50 bits per heavy atom. The molecule has 50 valence electrons. The fraction of sp³-hybridized carbons (Fsp3) is 0. The van der Waals surface area contributed by atoms with E-state index in [1.54, 1.807) is 0 Å². The summed E-state index contributed by atoms with van der Waals surface area (Å²) in [7, 11) is 0.241. The fourth-order valence-corrected chi connectivity index (χ4v) is 1.38. The van der Waals surface area contributed by atoms with Gasteiger partial charge in [0.25, 0.3) is 5.65 Å². The molecule has 0 spiro atoms. The van der Waals surface area contributed by atoms with Gasteiger partial charge in [-0.25, -0.2) is 4.98 Å². The highest BCUT2D eigenvalue weighted by atomic mass is 31.1. The van der Waals surface area contributed by atoms with E-state index in [0.29, 0.717) is 11.3 Å². The van der Waals surface area contributed by atoms with Gasteiger partial charge >= 0.3 is 0 Å². The minimum atomic E-state index is 0.241. The van der Waals surface area contributed by atoms with Gasteiger partial charge in [0, 0.05) is 0 Å². The van der Waals surface area contributed by atoms with Gasteiger partial charge in [-0.2, -0.15) is 4.75 Å². The first-order valence-corrected chi connectivity index (χ1v) is 3.60. The Hall–Kier alpha value is -1.22. The van der Waals surface area contributed by atoms with Crippen molar-refractivity contribution in [3.05, 3.63) is 6.33 Å². The standard InChI is InChI=1S/C4H4N5P/c5-3-2-4(7-1-6-3)9-10-8-2/h1,10H,(H2,5,6,7,9)/p+1. The zero-order valence-corrected chi connectivity index (χ0v) is 6.00. The number of fused-ring (bicyclic) bond motifs is 1.